The molecule has 0 aliphatic carbocycles. The number of anilines is 1. The molecule has 190 valence electrons. The zero-order valence-corrected chi connectivity index (χ0v) is 20.2. The number of hydrogen-bond donors (Lipinski definition) is 1. The van der Waals surface area contributed by atoms with Gasteiger partial charge in [0.15, 0.2) is 0 Å². The van der Waals surface area contributed by atoms with Crippen LogP contribution < -0.4 is 15.9 Å². The van der Waals surface area contributed by atoms with E-state index in [0.29, 0.717) is 55.2 Å². The number of alkyl halides is 3. The first-order valence-electron chi connectivity index (χ1n) is 11.9. The Morgan fingerprint density at radius 3 is 2.37 bits per heavy atom. The van der Waals surface area contributed by atoms with Crippen LogP contribution in [0.2, 0.25) is 0 Å². The zero-order valence-electron chi connectivity index (χ0n) is 20.2. The van der Waals surface area contributed by atoms with Gasteiger partial charge < -0.3 is 20.1 Å². The predicted molar refractivity (Wildman–Crippen MR) is 127 cm³/mol. The maximum Gasteiger partial charge on any atom is 0.416 e. The van der Waals surface area contributed by atoms with Gasteiger partial charge in [0, 0.05) is 45.6 Å². The van der Waals surface area contributed by atoms with E-state index < -0.39 is 11.7 Å². The molecule has 4 rings (SSSR count). The SMILES string of the molecule is CCC(=O)N1CCc2nc(NC(C)c3ccc(C(F)(F)F)cc3)n(N3CCN(C)CC3)c(=O)c2C1. The van der Waals surface area contributed by atoms with Gasteiger partial charge in [-0.2, -0.15) is 17.8 Å². The number of rotatable bonds is 5. The van der Waals surface area contributed by atoms with Crippen LogP contribution in [0.25, 0.3) is 0 Å². The molecule has 2 aliphatic rings. The van der Waals surface area contributed by atoms with Crippen LogP contribution in [-0.4, -0.2) is 65.1 Å². The number of amides is 1. The van der Waals surface area contributed by atoms with Gasteiger partial charge in [-0.1, -0.05) is 19.1 Å². The van der Waals surface area contributed by atoms with Gasteiger partial charge in [-0.05, 0) is 31.7 Å². The molecular weight excluding hydrogens is 461 g/mol. The lowest BCUT2D eigenvalue weighted by Gasteiger charge is -2.37. The van der Waals surface area contributed by atoms with Gasteiger partial charge in [-0.25, -0.2) is 4.98 Å². The number of benzene rings is 1. The highest BCUT2D eigenvalue weighted by atomic mass is 19.4. The summed E-state index contributed by atoms with van der Waals surface area (Å²) in [5, 5.41) is 5.21. The third-order valence-electron chi connectivity index (χ3n) is 6.71. The topological polar surface area (TPSA) is 73.7 Å². The fourth-order valence-corrected chi connectivity index (χ4v) is 4.49. The minimum absolute atomic E-state index is 0.000625. The summed E-state index contributed by atoms with van der Waals surface area (Å²) in [4.78, 5) is 34.6. The van der Waals surface area contributed by atoms with Gasteiger partial charge in [-0.3, -0.25) is 9.59 Å². The number of hydrogen-bond acceptors (Lipinski definition) is 6. The number of aromatic nitrogens is 2. The molecule has 2 aromatic rings. The first-order valence-corrected chi connectivity index (χ1v) is 11.9. The Bertz CT molecular complexity index is 1120. The molecule has 1 N–H and O–H groups in total. The smallest absolute Gasteiger partial charge is 0.348 e. The second-order valence-electron chi connectivity index (χ2n) is 9.14. The van der Waals surface area contributed by atoms with Gasteiger partial charge in [0.25, 0.3) is 5.56 Å². The number of nitrogens with zero attached hydrogens (tertiary/aromatic N) is 5. The second kappa shape index (κ2) is 9.88. The van der Waals surface area contributed by atoms with E-state index in [1.54, 1.807) is 16.5 Å². The van der Waals surface area contributed by atoms with E-state index in [9.17, 15) is 22.8 Å². The van der Waals surface area contributed by atoms with Crippen molar-refractivity contribution in [3.8, 4) is 0 Å². The third kappa shape index (κ3) is 5.29. The molecule has 2 aliphatic heterocycles. The third-order valence-corrected chi connectivity index (χ3v) is 6.71. The van der Waals surface area contributed by atoms with Crippen LogP contribution >= 0.6 is 0 Å². The zero-order chi connectivity index (χ0) is 25.3. The minimum atomic E-state index is -4.40. The summed E-state index contributed by atoms with van der Waals surface area (Å²) in [6, 6.07) is 4.60. The summed E-state index contributed by atoms with van der Waals surface area (Å²) >= 11 is 0. The Balaban J connectivity index is 1.68. The van der Waals surface area contributed by atoms with Gasteiger partial charge in [0.1, 0.15) is 0 Å². The van der Waals surface area contributed by atoms with Crippen molar-refractivity contribution in [2.45, 2.75) is 45.5 Å². The molecule has 0 radical (unpaired) electrons. The maximum absolute atomic E-state index is 13.7. The monoisotopic (exact) mass is 492 g/mol. The van der Waals surface area contributed by atoms with Crippen molar-refractivity contribution in [2.24, 2.45) is 0 Å². The molecule has 1 fully saturated rings. The van der Waals surface area contributed by atoms with Gasteiger partial charge in [0.2, 0.25) is 11.9 Å². The molecule has 1 aromatic heterocycles. The Morgan fingerprint density at radius 2 is 1.77 bits per heavy atom. The molecule has 1 atom stereocenters. The van der Waals surface area contributed by atoms with E-state index in [4.69, 9.17) is 4.98 Å². The normalized spacial score (nSPS) is 17.8. The predicted octanol–water partition coefficient (Wildman–Crippen LogP) is 2.61. The summed E-state index contributed by atoms with van der Waals surface area (Å²) in [7, 11) is 2.02. The molecule has 3 heterocycles. The van der Waals surface area contributed by atoms with E-state index in [1.165, 1.54) is 12.1 Å². The van der Waals surface area contributed by atoms with Crippen LogP contribution in [0.1, 0.15) is 48.7 Å². The van der Waals surface area contributed by atoms with E-state index in [-0.39, 0.29) is 24.1 Å². The second-order valence-corrected chi connectivity index (χ2v) is 9.14. The lowest BCUT2D eigenvalue weighted by atomic mass is 10.1. The van der Waals surface area contributed by atoms with Gasteiger partial charge >= 0.3 is 6.18 Å². The van der Waals surface area contributed by atoms with E-state index >= 15 is 0 Å². The van der Waals surface area contributed by atoms with Crippen molar-refractivity contribution in [1.29, 1.82) is 0 Å². The van der Waals surface area contributed by atoms with Crippen LogP contribution in [0.3, 0.4) is 0 Å². The minimum Gasteiger partial charge on any atom is -0.348 e. The van der Waals surface area contributed by atoms with E-state index in [0.717, 1.165) is 25.2 Å². The average Bonchev–Trinajstić information content (AvgIpc) is 2.84. The molecule has 8 nitrogen and oxygen atoms in total. The standard InChI is InChI=1S/C24H31F3N6O2/c1-4-21(34)31-10-9-20-19(15-31)22(35)33(32-13-11-30(3)12-14-32)23(29-20)28-16(2)17-5-7-18(8-6-17)24(25,26)27/h5-8,16H,4,9-15H2,1-3H3,(H,28,29). The summed E-state index contributed by atoms with van der Waals surface area (Å²) in [6.45, 7) is 7.15. The van der Waals surface area contributed by atoms with Crippen LogP contribution in [0.15, 0.2) is 29.1 Å². The lowest BCUT2D eigenvalue weighted by molar-refractivity contribution is -0.137. The summed E-state index contributed by atoms with van der Waals surface area (Å²) in [5.74, 6) is 0.361. The van der Waals surface area contributed by atoms with Crippen LogP contribution in [0, 0.1) is 0 Å². The lowest BCUT2D eigenvalue weighted by Crippen LogP contribution is -2.55. The van der Waals surface area contributed by atoms with Crippen molar-refractivity contribution in [1.82, 2.24) is 19.5 Å². The Kier molecular flexibility index (Phi) is 7.07. The van der Waals surface area contributed by atoms with Crippen LogP contribution in [0.4, 0.5) is 19.1 Å². The first-order chi connectivity index (χ1) is 16.6. The summed E-state index contributed by atoms with van der Waals surface area (Å²) < 4.78 is 40.4. The summed E-state index contributed by atoms with van der Waals surface area (Å²) in [6.07, 6.45) is -3.55. The molecule has 35 heavy (non-hydrogen) atoms. The van der Waals surface area contributed by atoms with Crippen molar-refractivity contribution in [3.63, 3.8) is 0 Å². The fourth-order valence-electron chi connectivity index (χ4n) is 4.49. The number of likely N-dealkylation sites (N-methyl/N-ethyl adjacent to an activating group) is 1. The molecule has 0 saturated carbocycles. The molecule has 1 unspecified atom stereocenters. The van der Waals surface area contributed by atoms with Crippen molar-refractivity contribution in [2.75, 3.05) is 50.1 Å². The largest absolute Gasteiger partial charge is 0.416 e. The van der Waals surface area contributed by atoms with E-state index in [1.807, 2.05) is 19.0 Å². The van der Waals surface area contributed by atoms with Crippen molar-refractivity contribution >= 4 is 11.9 Å². The molecule has 11 heteroatoms. The number of carbonyl (C=O) groups is 1. The number of halogens is 3. The van der Waals surface area contributed by atoms with Gasteiger partial charge in [-0.15, -0.1) is 0 Å². The summed E-state index contributed by atoms with van der Waals surface area (Å²) in [5.41, 5.74) is 0.901. The number of fused-ring (bicyclic) bond motifs is 1. The molecule has 0 spiro atoms. The highest BCUT2D eigenvalue weighted by Crippen LogP contribution is 2.30. The quantitative estimate of drug-likeness (QED) is 0.692. The molecule has 1 aromatic carbocycles. The Labute approximate surface area is 202 Å². The first kappa shape index (κ1) is 25.0. The highest BCUT2D eigenvalue weighted by Gasteiger charge is 2.31. The molecule has 1 amide bonds. The number of piperazine rings is 1. The van der Waals surface area contributed by atoms with E-state index in [2.05, 4.69) is 10.2 Å². The number of carbonyl (C=O) groups excluding carboxylic acids is 1. The fraction of sp³-hybridized carbons (Fsp3) is 0.542. The van der Waals surface area contributed by atoms with Crippen molar-refractivity contribution in [3.05, 3.63) is 57.0 Å². The molecule has 1 saturated heterocycles. The Morgan fingerprint density at radius 1 is 1.11 bits per heavy atom. The van der Waals surface area contributed by atoms with Gasteiger partial charge in [0.05, 0.1) is 29.4 Å². The number of nitrogens with one attached hydrogen (secondary N) is 1. The molecular formula is C24H31F3N6O2. The average molecular weight is 493 g/mol. The Hall–Kier alpha value is -3.08. The maximum atomic E-state index is 13.7. The molecule has 0 bridgehead atoms. The van der Waals surface area contributed by atoms with Crippen LogP contribution in [-0.2, 0) is 23.9 Å². The van der Waals surface area contributed by atoms with Crippen LogP contribution in [0.5, 0.6) is 0 Å². The highest BCUT2D eigenvalue weighted by molar-refractivity contribution is 5.76. The van der Waals surface area contributed by atoms with Crippen molar-refractivity contribution < 1.29 is 18.0 Å².